The van der Waals surface area contributed by atoms with Crippen molar-refractivity contribution < 1.29 is 4.79 Å². The van der Waals surface area contributed by atoms with Gasteiger partial charge in [0.25, 0.3) is 11.5 Å². The highest BCUT2D eigenvalue weighted by atomic mass is 35.5. The van der Waals surface area contributed by atoms with Crippen LogP contribution in [0.5, 0.6) is 0 Å². The molecule has 2 aromatic heterocycles. The van der Waals surface area contributed by atoms with E-state index in [0.717, 1.165) is 21.3 Å². The number of hydrogen-bond acceptors (Lipinski definition) is 5. The summed E-state index contributed by atoms with van der Waals surface area (Å²) in [6, 6.07) is 24.1. The Bertz CT molecular complexity index is 1550. The molecule has 6 nitrogen and oxygen atoms in total. The van der Waals surface area contributed by atoms with Crippen molar-refractivity contribution in [3.8, 4) is 22.4 Å². The minimum absolute atomic E-state index is 0.00911. The van der Waals surface area contributed by atoms with E-state index in [2.05, 4.69) is 15.4 Å². The van der Waals surface area contributed by atoms with Crippen molar-refractivity contribution in [2.75, 3.05) is 5.32 Å². The van der Waals surface area contributed by atoms with Crippen LogP contribution >= 0.6 is 22.9 Å². The molecule has 0 aliphatic carbocycles. The van der Waals surface area contributed by atoms with Crippen molar-refractivity contribution in [3.05, 3.63) is 99.8 Å². The number of nitrogens with one attached hydrogen (secondary N) is 1. The number of hydrogen-bond donors (Lipinski definition) is 1. The number of rotatable bonds is 4. The molecule has 0 fully saturated rings. The van der Waals surface area contributed by atoms with Crippen LogP contribution in [0.4, 0.5) is 5.13 Å². The van der Waals surface area contributed by atoms with Gasteiger partial charge in [-0.1, -0.05) is 83.6 Å². The first-order valence-electron chi connectivity index (χ1n) is 10.1. The van der Waals surface area contributed by atoms with E-state index in [9.17, 15) is 9.59 Å². The molecular formula is C25H17ClN4O2S. The van der Waals surface area contributed by atoms with Gasteiger partial charge in [-0.15, -0.1) is 0 Å². The van der Waals surface area contributed by atoms with Crippen LogP contribution in [0.15, 0.2) is 83.7 Å². The molecule has 0 aliphatic rings. The number of carbonyl (C=O) groups excluding carboxylic acids is 1. The monoisotopic (exact) mass is 472 g/mol. The van der Waals surface area contributed by atoms with Crippen LogP contribution in [-0.4, -0.2) is 20.7 Å². The first-order chi connectivity index (χ1) is 16.0. The standard InChI is InChI=1S/C25H17ClN4O2S/c1-30-24(32)21(23(31)28-25-27-18-13-12-17(26)14-19(18)33-25)20(15-8-4-2-5-9-15)22(29-30)16-10-6-3-7-11-16/h2-14H,1H3,(H,27,28,31). The summed E-state index contributed by atoms with van der Waals surface area (Å²) in [7, 11) is 1.54. The number of halogens is 1. The van der Waals surface area contributed by atoms with Crippen LogP contribution in [0.2, 0.25) is 5.02 Å². The number of aryl methyl sites for hydroxylation is 1. The third-order valence-electron chi connectivity index (χ3n) is 5.15. The highest BCUT2D eigenvalue weighted by Crippen LogP contribution is 2.33. The van der Waals surface area contributed by atoms with Crippen molar-refractivity contribution in [1.29, 1.82) is 0 Å². The molecule has 162 valence electrons. The van der Waals surface area contributed by atoms with Crippen molar-refractivity contribution in [3.63, 3.8) is 0 Å². The van der Waals surface area contributed by atoms with Gasteiger partial charge in [0, 0.05) is 23.2 Å². The second-order valence-electron chi connectivity index (χ2n) is 7.34. The molecule has 1 amide bonds. The minimum Gasteiger partial charge on any atom is -0.298 e. The Hall–Kier alpha value is -3.81. The van der Waals surface area contributed by atoms with Gasteiger partial charge in [0.05, 0.1) is 15.9 Å². The third kappa shape index (κ3) is 4.04. The molecule has 1 N–H and O–H groups in total. The van der Waals surface area contributed by atoms with Gasteiger partial charge in [-0.05, 0) is 23.8 Å². The first-order valence-corrected chi connectivity index (χ1v) is 11.3. The van der Waals surface area contributed by atoms with E-state index in [4.69, 9.17) is 11.6 Å². The number of benzene rings is 3. The second kappa shape index (κ2) is 8.61. The molecule has 5 aromatic rings. The van der Waals surface area contributed by atoms with Crippen LogP contribution in [0.1, 0.15) is 10.4 Å². The van der Waals surface area contributed by atoms with E-state index in [1.54, 1.807) is 25.2 Å². The van der Waals surface area contributed by atoms with Gasteiger partial charge in [-0.2, -0.15) is 5.10 Å². The Kier molecular flexibility index (Phi) is 5.50. The van der Waals surface area contributed by atoms with Gasteiger partial charge in [0.2, 0.25) is 0 Å². The summed E-state index contributed by atoms with van der Waals surface area (Å²) in [6.07, 6.45) is 0. The average molecular weight is 473 g/mol. The fourth-order valence-electron chi connectivity index (χ4n) is 3.64. The third-order valence-corrected chi connectivity index (χ3v) is 6.32. The summed E-state index contributed by atoms with van der Waals surface area (Å²) in [5, 5.41) is 8.29. The second-order valence-corrected chi connectivity index (χ2v) is 8.81. The van der Waals surface area contributed by atoms with Gasteiger partial charge >= 0.3 is 0 Å². The average Bonchev–Trinajstić information content (AvgIpc) is 3.22. The molecular weight excluding hydrogens is 456 g/mol. The van der Waals surface area contributed by atoms with E-state index < -0.39 is 11.5 Å². The minimum atomic E-state index is -0.542. The summed E-state index contributed by atoms with van der Waals surface area (Å²) in [5.74, 6) is -0.542. The number of amides is 1. The lowest BCUT2D eigenvalue weighted by Gasteiger charge is -2.15. The van der Waals surface area contributed by atoms with Crippen LogP contribution in [0.25, 0.3) is 32.6 Å². The van der Waals surface area contributed by atoms with Crippen molar-refractivity contribution in [2.24, 2.45) is 7.05 Å². The number of aromatic nitrogens is 3. The lowest BCUT2D eigenvalue weighted by atomic mass is 9.95. The van der Waals surface area contributed by atoms with Crippen LogP contribution < -0.4 is 10.9 Å². The molecule has 0 aliphatic heterocycles. The maximum absolute atomic E-state index is 13.5. The van der Waals surface area contributed by atoms with Crippen molar-refractivity contribution in [1.82, 2.24) is 14.8 Å². The SMILES string of the molecule is Cn1nc(-c2ccccc2)c(-c2ccccc2)c(C(=O)Nc2nc3ccc(Cl)cc3s2)c1=O. The Morgan fingerprint density at radius 1 is 0.970 bits per heavy atom. The lowest BCUT2D eigenvalue weighted by molar-refractivity contribution is 0.102. The molecule has 5 rings (SSSR count). The molecule has 0 bridgehead atoms. The Balaban J connectivity index is 1.69. The number of fused-ring (bicyclic) bond motifs is 1. The van der Waals surface area contributed by atoms with Crippen LogP contribution in [-0.2, 0) is 7.05 Å². The summed E-state index contributed by atoms with van der Waals surface area (Å²) < 4.78 is 2.04. The number of carbonyl (C=O) groups is 1. The van der Waals surface area contributed by atoms with E-state index in [-0.39, 0.29) is 5.56 Å². The predicted molar refractivity (Wildman–Crippen MR) is 133 cm³/mol. The summed E-state index contributed by atoms with van der Waals surface area (Å²) in [5.41, 5.74) is 2.79. The molecule has 0 radical (unpaired) electrons. The maximum atomic E-state index is 13.5. The molecule has 0 spiro atoms. The molecule has 0 saturated heterocycles. The lowest BCUT2D eigenvalue weighted by Crippen LogP contribution is -2.31. The van der Waals surface area contributed by atoms with Crippen LogP contribution in [0.3, 0.4) is 0 Å². The predicted octanol–water partition coefficient (Wildman–Crippen LogP) is 5.63. The van der Waals surface area contributed by atoms with Gasteiger partial charge in [-0.25, -0.2) is 9.67 Å². The highest BCUT2D eigenvalue weighted by Gasteiger charge is 2.25. The summed E-state index contributed by atoms with van der Waals surface area (Å²) in [6.45, 7) is 0. The summed E-state index contributed by atoms with van der Waals surface area (Å²) >= 11 is 7.37. The molecule has 0 atom stereocenters. The molecule has 8 heteroatoms. The summed E-state index contributed by atoms with van der Waals surface area (Å²) in [4.78, 5) is 31.2. The zero-order chi connectivity index (χ0) is 22.9. The number of nitrogens with zero attached hydrogens (tertiary/aromatic N) is 3. The van der Waals surface area contributed by atoms with E-state index in [0.29, 0.717) is 21.4 Å². The van der Waals surface area contributed by atoms with Crippen molar-refractivity contribution >= 4 is 44.2 Å². The Morgan fingerprint density at radius 2 is 1.64 bits per heavy atom. The number of thiazole rings is 1. The number of anilines is 1. The normalized spacial score (nSPS) is 11.0. The zero-order valence-electron chi connectivity index (χ0n) is 17.4. The molecule has 2 heterocycles. The Morgan fingerprint density at radius 3 is 2.33 bits per heavy atom. The molecule has 33 heavy (non-hydrogen) atoms. The van der Waals surface area contributed by atoms with Gasteiger partial charge in [0.15, 0.2) is 5.13 Å². The van der Waals surface area contributed by atoms with Crippen LogP contribution in [0, 0.1) is 0 Å². The molecule has 3 aromatic carbocycles. The van der Waals surface area contributed by atoms with Gasteiger partial charge < -0.3 is 0 Å². The smallest absolute Gasteiger partial charge is 0.280 e. The van der Waals surface area contributed by atoms with Gasteiger partial charge in [-0.3, -0.25) is 14.9 Å². The zero-order valence-corrected chi connectivity index (χ0v) is 19.0. The quantitative estimate of drug-likeness (QED) is 0.367. The largest absolute Gasteiger partial charge is 0.298 e. The fraction of sp³-hybridized carbons (Fsp3) is 0.0400. The van der Waals surface area contributed by atoms with Gasteiger partial charge in [0.1, 0.15) is 5.56 Å². The maximum Gasteiger partial charge on any atom is 0.280 e. The first kappa shape index (κ1) is 21.1. The van der Waals surface area contributed by atoms with Crippen molar-refractivity contribution in [2.45, 2.75) is 0 Å². The fourth-order valence-corrected chi connectivity index (χ4v) is 4.78. The Labute approximate surface area is 198 Å². The van der Waals surface area contributed by atoms with E-state index in [1.165, 1.54) is 16.0 Å². The van der Waals surface area contributed by atoms with E-state index in [1.807, 2.05) is 60.7 Å². The van der Waals surface area contributed by atoms with E-state index >= 15 is 0 Å². The molecule has 0 unspecified atom stereocenters. The molecule has 0 saturated carbocycles. The topological polar surface area (TPSA) is 76.9 Å². The highest BCUT2D eigenvalue weighted by molar-refractivity contribution is 7.22.